The minimum atomic E-state index is 0.0109. The van der Waals surface area contributed by atoms with Crippen LogP contribution in [-0.4, -0.2) is 14.7 Å². The lowest BCUT2D eigenvalue weighted by Crippen LogP contribution is -2.31. The van der Waals surface area contributed by atoms with Crippen molar-refractivity contribution < 1.29 is 0 Å². The summed E-state index contributed by atoms with van der Waals surface area (Å²) in [6.45, 7) is 2.19. The summed E-state index contributed by atoms with van der Waals surface area (Å²) in [4.78, 5) is 6.99. The van der Waals surface area contributed by atoms with Crippen molar-refractivity contribution in [3.8, 4) is 0 Å². The van der Waals surface area contributed by atoms with Crippen molar-refractivity contribution in [3.63, 3.8) is 0 Å². The average Bonchev–Trinajstić information content (AvgIpc) is 3.44. The molecule has 1 saturated heterocycles. The lowest BCUT2D eigenvalue weighted by atomic mass is 9.94. The molecule has 3 aromatic rings. The smallest absolute Gasteiger partial charge is 0.174 e. The number of benzene rings is 1. The number of hydrogen-bond donors (Lipinski definition) is 1. The largest absolute Gasteiger partial charge is 0.351 e. The van der Waals surface area contributed by atoms with Gasteiger partial charge in [-0.2, -0.15) is 0 Å². The number of hydrogen-bond acceptors (Lipinski definition) is 2. The van der Waals surface area contributed by atoms with Crippen molar-refractivity contribution in [2.75, 3.05) is 4.90 Å². The molecular formula is C26H30N4S. The van der Waals surface area contributed by atoms with Gasteiger partial charge in [-0.25, -0.2) is 0 Å². The van der Waals surface area contributed by atoms with Gasteiger partial charge in [0.1, 0.15) is 6.04 Å². The Bertz CT molecular complexity index is 1020. The molecule has 1 aromatic carbocycles. The fourth-order valence-electron chi connectivity index (χ4n) is 5.18. The van der Waals surface area contributed by atoms with E-state index in [1.54, 1.807) is 0 Å². The van der Waals surface area contributed by atoms with Gasteiger partial charge in [0.2, 0.25) is 0 Å². The molecule has 0 bridgehead atoms. The first-order valence-corrected chi connectivity index (χ1v) is 11.9. The molecular weight excluding hydrogens is 400 g/mol. The van der Waals surface area contributed by atoms with E-state index >= 15 is 0 Å². The van der Waals surface area contributed by atoms with Gasteiger partial charge in [0.25, 0.3) is 0 Å². The van der Waals surface area contributed by atoms with E-state index in [1.807, 2.05) is 12.3 Å². The highest BCUT2D eigenvalue weighted by Crippen LogP contribution is 2.43. The van der Waals surface area contributed by atoms with Gasteiger partial charge in [0.05, 0.1) is 11.7 Å². The number of thiocarbonyl (C=S) groups is 1. The van der Waals surface area contributed by atoms with Gasteiger partial charge in [0, 0.05) is 29.8 Å². The number of aryl methyl sites for hydroxylation is 1. The van der Waals surface area contributed by atoms with Crippen molar-refractivity contribution in [2.45, 2.75) is 63.6 Å². The molecule has 160 valence electrons. The zero-order chi connectivity index (χ0) is 21.2. The van der Waals surface area contributed by atoms with Crippen LogP contribution in [0.1, 0.15) is 74.1 Å². The molecule has 5 rings (SSSR count). The molecule has 1 saturated carbocycles. The Morgan fingerprint density at radius 1 is 1.00 bits per heavy atom. The molecule has 2 aliphatic rings. The second-order valence-corrected chi connectivity index (χ2v) is 9.04. The second-order valence-electron chi connectivity index (χ2n) is 8.65. The predicted octanol–water partition coefficient (Wildman–Crippen LogP) is 6.13. The topological polar surface area (TPSA) is 33.1 Å². The van der Waals surface area contributed by atoms with Crippen LogP contribution in [0.2, 0.25) is 0 Å². The van der Waals surface area contributed by atoms with Gasteiger partial charge >= 0.3 is 0 Å². The second kappa shape index (κ2) is 8.83. The third-order valence-corrected chi connectivity index (χ3v) is 7.12. The maximum atomic E-state index is 5.89. The van der Waals surface area contributed by atoms with Gasteiger partial charge in [-0.3, -0.25) is 4.98 Å². The van der Waals surface area contributed by atoms with E-state index in [0.717, 1.165) is 22.9 Å². The third-order valence-electron chi connectivity index (χ3n) is 6.80. The SMILES string of the molecule is CCc1ccc(N2C(=S)N[C@H](c3ccccn3)[C@H]2c2cccn2C2CCCCC2)cc1. The number of anilines is 1. The Morgan fingerprint density at radius 2 is 1.81 bits per heavy atom. The first-order valence-electron chi connectivity index (χ1n) is 11.5. The predicted molar refractivity (Wildman–Crippen MR) is 130 cm³/mol. The Hall–Kier alpha value is -2.66. The lowest BCUT2D eigenvalue weighted by Gasteiger charge is -2.32. The van der Waals surface area contributed by atoms with Crippen molar-refractivity contribution >= 4 is 23.0 Å². The van der Waals surface area contributed by atoms with Gasteiger partial charge < -0.3 is 14.8 Å². The van der Waals surface area contributed by atoms with E-state index in [2.05, 4.69) is 76.4 Å². The number of nitrogens with one attached hydrogen (secondary N) is 1. The van der Waals surface area contributed by atoms with E-state index in [0.29, 0.717) is 6.04 Å². The van der Waals surface area contributed by atoms with Crippen LogP contribution in [0.4, 0.5) is 5.69 Å². The summed E-state index contributed by atoms with van der Waals surface area (Å²) in [6.07, 6.45) is 11.7. The molecule has 4 nitrogen and oxygen atoms in total. The van der Waals surface area contributed by atoms with Crippen LogP contribution in [0, 0.1) is 0 Å². The monoisotopic (exact) mass is 430 g/mol. The highest BCUT2D eigenvalue weighted by Gasteiger charge is 2.42. The Labute approximate surface area is 190 Å². The van der Waals surface area contributed by atoms with Gasteiger partial charge in [-0.05, 0) is 73.4 Å². The fourth-order valence-corrected chi connectivity index (χ4v) is 5.52. The summed E-state index contributed by atoms with van der Waals surface area (Å²) in [5.41, 5.74) is 4.81. The minimum Gasteiger partial charge on any atom is -0.351 e. The molecule has 0 amide bonds. The molecule has 2 atom stereocenters. The van der Waals surface area contributed by atoms with Crippen molar-refractivity contribution in [1.82, 2.24) is 14.9 Å². The highest BCUT2D eigenvalue weighted by atomic mass is 32.1. The minimum absolute atomic E-state index is 0.0109. The first-order chi connectivity index (χ1) is 15.3. The van der Waals surface area contributed by atoms with E-state index in [-0.39, 0.29) is 12.1 Å². The van der Waals surface area contributed by atoms with Crippen molar-refractivity contribution in [2.24, 2.45) is 0 Å². The van der Waals surface area contributed by atoms with E-state index < -0.39 is 0 Å². The summed E-state index contributed by atoms with van der Waals surface area (Å²) in [5.74, 6) is 0. The van der Waals surface area contributed by atoms with Gasteiger partial charge in [-0.1, -0.05) is 44.4 Å². The Balaban J connectivity index is 1.59. The van der Waals surface area contributed by atoms with E-state index in [9.17, 15) is 0 Å². The van der Waals surface area contributed by atoms with Crippen LogP contribution >= 0.6 is 12.2 Å². The molecule has 1 aliphatic carbocycles. The summed E-state index contributed by atoms with van der Waals surface area (Å²) < 4.78 is 2.52. The quantitative estimate of drug-likeness (QED) is 0.494. The van der Waals surface area contributed by atoms with E-state index in [1.165, 1.54) is 43.4 Å². The molecule has 0 spiro atoms. The molecule has 31 heavy (non-hydrogen) atoms. The number of aromatic nitrogens is 2. The molecule has 1 N–H and O–H groups in total. The Morgan fingerprint density at radius 3 is 2.52 bits per heavy atom. The molecule has 1 aliphatic heterocycles. The summed E-state index contributed by atoms with van der Waals surface area (Å²) >= 11 is 5.89. The maximum absolute atomic E-state index is 5.89. The summed E-state index contributed by atoms with van der Waals surface area (Å²) in [6, 6.07) is 20.1. The maximum Gasteiger partial charge on any atom is 0.174 e. The highest BCUT2D eigenvalue weighted by molar-refractivity contribution is 7.80. The molecule has 3 heterocycles. The zero-order valence-corrected chi connectivity index (χ0v) is 18.9. The number of pyridine rings is 1. The number of rotatable bonds is 5. The van der Waals surface area contributed by atoms with Crippen molar-refractivity contribution in [3.05, 3.63) is 83.9 Å². The van der Waals surface area contributed by atoms with Gasteiger partial charge in [-0.15, -0.1) is 0 Å². The van der Waals surface area contributed by atoms with Crippen LogP contribution in [0.25, 0.3) is 0 Å². The standard InChI is InChI=1S/C26H30N4S/c1-2-19-13-15-21(16-14-19)30-25(24(28-26(30)31)22-11-6-7-17-27-22)23-12-8-18-29(23)20-9-4-3-5-10-20/h6-8,11-18,20,24-25H,2-5,9-10H2,1H3,(H,28,31)/t24-,25-/m1/s1. The zero-order valence-electron chi connectivity index (χ0n) is 18.1. The molecule has 5 heteroatoms. The summed E-state index contributed by atoms with van der Waals surface area (Å²) in [5, 5.41) is 4.36. The molecule has 2 fully saturated rings. The van der Waals surface area contributed by atoms with Crippen LogP contribution in [0.3, 0.4) is 0 Å². The molecule has 2 aromatic heterocycles. The average molecular weight is 431 g/mol. The normalized spacial score (nSPS) is 22.0. The lowest BCUT2D eigenvalue weighted by molar-refractivity contribution is 0.340. The first kappa shape index (κ1) is 20.3. The Kier molecular flexibility index (Phi) is 5.77. The summed E-state index contributed by atoms with van der Waals surface area (Å²) in [7, 11) is 0. The number of nitrogens with zero attached hydrogens (tertiary/aromatic N) is 3. The van der Waals surface area contributed by atoms with Crippen LogP contribution in [0.5, 0.6) is 0 Å². The molecule has 0 radical (unpaired) electrons. The molecule has 0 unspecified atom stereocenters. The fraction of sp³-hybridized carbons (Fsp3) is 0.385. The van der Waals surface area contributed by atoms with E-state index in [4.69, 9.17) is 17.2 Å². The van der Waals surface area contributed by atoms with Crippen molar-refractivity contribution in [1.29, 1.82) is 0 Å². The van der Waals surface area contributed by atoms with Crippen LogP contribution < -0.4 is 10.2 Å². The third kappa shape index (κ3) is 3.87. The van der Waals surface area contributed by atoms with Crippen LogP contribution in [-0.2, 0) is 6.42 Å². The van der Waals surface area contributed by atoms with Crippen LogP contribution in [0.15, 0.2) is 67.0 Å². The van der Waals surface area contributed by atoms with Gasteiger partial charge in [0.15, 0.2) is 5.11 Å².